The number of carbonyl (C=O) groups excluding carboxylic acids is 2. The standard InChI is InChI=1S/C14H8N2O4/c17-9-15-13-7-6-11(16(19)20)8-12(13)14(18)10-4-2-1-3-5-10/h1-8H. The van der Waals surface area contributed by atoms with Crippen LogP contribution >= 0.6 is 0 Å². The largest absolute Gasteiger partial charge is 0.289 e. The van der Waals surface area contributed by atoms with Crippen molar-refractivity contribution in [3.8, 4) is 0 Å². The van der Waals surface area contributed by atoms with E-state index in [1.54, 1.807) is 30.3 Å². The van der Waals surface area contributed by atoms with Gasteiger partial charge in [0.15, 0.2) is 5.78 Å². The summed E-state index contributed by atoms with van der Waals surface area (Å²) in [6.45, 7) is 0. The Hall–Kier alpha value is -3.11. The van der Waals surface area contributed by atoms with Crippen LogP contribution in [-0.2, 0) is 4.79 Å². The molecule has 0 aromatic heterocycles. The fourth-order valence-corrected chi connectivity index (χ4v) is 1.71. The highest BCUT2D eigenvalue weighted by molar-refractivity contribution is 6.12. The molecule has 6 nitrogen and oxygen atoms in total. The molecule has 2 aromatic rings. The number of nitro benzene ring substituents is 1. The van der Waals surface area contributed by atoms with E-state index in [2.05, 4.69) is 4.99 Å². The van der Waals surface area contributed by atoms with E-state index < -0.39 is 10.7 Å². The Morgan fingerprint density at radius 3 is 2.45 bits per heavy atom. The van der Waals surface area contributed by atoms with Gasteiger partial charge in [-0.1, -0.05) is 30.3 Å². The number of nitro groups is 1. The highest BCUT2D eigenvalue weighted by Crippen LogP contribution is 2.26. The first kappa shape index (κ1) is 13.3. The van der Waals surface area contributed by atoms with Gasteiger partial charge < -0.3 is 0 Å². The second-order valence-corrected chi connectivity index (χ2v) is 3.86. The van der Waals surface area contributed by atoms with Crippen molar-refractivity contribution in [2.75, 3.05) is 0 Å². The summed E-state index contributed by atoms with van der Waals surface area (Å²) in [5.41, 5.74) is 0.165. The van der Waals surface area contributed by atoms with Gasteiger partial charge in [0.05, 0.1) is 16.2 Å². The lowest BCUT2D eigenvalue weighted by Gasteiger charge is -2.04. The number of hydrogen-bond acceptors (Lipinski definition) is 5. The SMILES string of the molecule is O=C=Nc1ccc([N+](=O)[O-])cc1C(=O)c1ccccc1. The number of benzene rings is 2. The number of nitrogens with zero attached hydrogens (tertiary/aromatic N) is 2. The molecule has 0 heterocycles. The Labute approximate surface area is 113 Å². The topological polar surface area (TPSA) is 89.6 Å². The van der Waals surface area contributed by atoms with Crippen LogP contribution in [0.2, 0.25) is 0 Å². The molecule has 0 saturated carbocycles. The van der Waals surface area contributed by atoms with Crippen molar-refractivity contribution in [1.29, 1.82) is 0 Å². The molecule has 0 aliphatic rings. The van der Waals surface area contributed by atoms with Gasteiger partial charge in [0.1, 0.15) is 0 Å². The maximum atomic E-state index is 12.3. The van der Waals surface area contributed by atoms with Gasteiger partial charge in [-0.15, -0.1) is 0 Å². The van der Waals surface area contributed by atoms with Crippen molar-refractivity contribution in [3.63, 3.8) is 0 Å². The fourth-order valence-electron chi connectivity index (χ4n) is 1.71. The summed E-state index contributed by atoms with van der Waals surface area (Å²) in [5, 5.41) is 10.8. The van der Waals surface area contributed by atoms with E-state index >= 15 is 0 Å². The van der Waals surface area contributed by atoms with Gasteiger partial charge in [-0.3, -0.25) is 14.9 Å². The molecule has 20 heavy (non-hydrogen) atoms. The summed E-state index contributed by atoms with van der Waals surface area (Å²) >= 11 is 0. The number of non-ortho nitro benzene ring substituents is 1. The lowest BCUT2D eigenvalue weighted by molar-refractivity contribution is -0.384. The zero-order valence-electron chi connectivity index (χ0n) is 10.1. The minimum atomic E-state index is -0.615. The quantitative estimate of drug-likeness (QED) is 0.280. The maximum Gasteiger partial charge on any atom is 0.270 e. The molecule has 0 bridgehead atoms. The summed E-state index contributed by atoms with van der Waals surface area (Å²) in [5.74, 6) is -0.441. The van der Waals surface area contributed by atoms with Crippen LogP contribution in [0.4, 0.5) is 11.4 Å². The van der Waals surface area contributed by atoms with Crippen LogP contribution in [0, 0.1) is 10.1 Å². The molecule has 0 aliphatic heterocycles. The smallest absolute Gasteiger partial charge is 0.270 e. The average molecular weight is 268 g/mol. The molecule has 0 atom stereocenters. The van der Waals surface area contributed by atoms with Crippen molar-refractivity contribution in [2.24, 2.45) is 4.99 Å². The summed E-state index contributed by atoms with van der Waals surface area (Å²) < 4.78 is 0. The van der Waals surface area contributed by atoms with Crippen molar-refractivity contribution in [1.82, 2.24) is 0 Å². The zero-order valence-corrected chi connectivity index (χ0v) is 10.1. The Morgan fingerprint density at radius 1 is 1.15 bits per heavy atom. The van der Waals surface area contributed by atoms with Crippen LogP contribution < -0.4 is 0 Å². The first-order valence-corrected chi connectivity index (χ1v) is 5.59. The van der Waals surface area contributed by atoms with Gasteiger partial charge in [0, 0.05) is 17.7 Å². The van der Waals surface area contributed by atoms with E-state index in [-0.39, 0.29) is 16.9 Å². The van der Waals surface area contributed by atoms with E-state index in [0.717, 1.165) is 6.07 Å². The predicted octanol–water partition coefficient (Wildman–Crippen LogP) is 2.79. The van der Waals surface area contributed by atoms with Crippen LogP contribution in [0.3, 0.4) is 0 Å². The Bertz CT molecular complexity index is 719. The second-order valence-electron chi connectivity index (χ2n) is 3.86. The maximum absolute atomic E-state index is 12.3. The molecule has 98 valence electrons. The van der Waals surface area contributed by atoms with Crippen molar-refractivity contribution < 1.29 is 14.5 Å². The van der Waals surface area contributed by atoms with Gasteiger partial charge in [-0.05, 0) is 6.07 Å². The fraction of sp³-hybridized carbons (Fsp3) is 0. The van der Waals surface area contributed by atoms with Gasteiger partial charge in [-0.25, -0.2) is 4.79 Å². The number of aliphatic imine (C=N–C) groups is 1. The van der Waals surface area contributed by atoms with E-state index in [9.17, 15) is 19.7 Å². The van der Waals surface area contributed by atoms with Crippen LogP contribution in [-0.4, -0.2) is 16.8 Å². The van der Waals surface area contributed by atoms with Crippen molar-refractivity contribution in [2.45, 2.75) is 0 Å². The zero-order chi connectivity index (χ0) is 14.5. The highest BCUT2D eigenvalue weighted by Gasteiger charge is 2.17. The Morgan fingerprint density at radius 2 is 1.85 bits per heavy atom. The molecular weight excluding hydrogens is 260 g/mol. The van der Waals surface area contributed by atoms with Crippen molar-refractivity contribution in [3.05, 3.63) is 69.8 Å². The van der Waals surface area contributed by atoms with E-state index in [1.165, 1.54) is 18.2 Å². The van der Waals surface area contributed by atoms with E-state index in [4.69, 9.17) is 0 Å². The number of hydrogen-bond donors (Lipinski definition) is 0. The molecule has 0 N–H and O–H groups in total. The second kappa shape index (κ2) is 5.69. The van der Waals surface area contributed by atoms with E-state index in [1.807, 2.05) is 0 Å². The molecule has 0 spiro atoms. The van der Waals surface area contributed by atoms with Crippen LogP contribution in [0.1, 0.15) is 15.9 Å². The molecule has 0 aliphatic carbocycles. The molecular formula is C14H8N2O4. The van der Waals surface area contributed by atoms with E-state index in [0.29, 0.717) is 5.56 Å². The van der Waals surface area contributed by atoms with Gasteiger partial charge in [0.25, 0.3) is 5.69 Å². The third-order valence-corrected chi connectivity index (χ3v) is 2.64. The summed E-state index contributed by atoms with van der Waals surface area (Å²) in [6.07, 6.45) is 1.33. The van der Waals surface area contributed by atoms with Crippen LogP contribution in [0.25, 0.3) is 0 Å². The Kier molecular flexibility index (Phi) is 3.79. The minimum Gasteiger partial charge on any atom is -0.289 e. The summed E-state index contributed by atoms with van der Waals surface area (Å²) in [6, 6.07) is 11.8. The lowest BCUT2D eigenvalue weighted by Crippen LogP contribution is -2.02. The highest BCUT2D eigenvalue weighted by atomic mass is 16.6. The summed E-state index contributed by atoms with van der Waals surface area (Å²) in [4.78, 5) is 36.2. The molecule has 6 heteroatoms. The molecule has 0 fully saturated rings. The third kappa shape index (κ3) is 2.66. The first-order valence-electron chi connectivity index (χ1n) is 5.59. The number of isocyanates is 1. The monoisotopic (exact) mass is 268 g/mol. The van der Waals surface area contributed by atoms with Crippen LogP contribution in [0.5, 0.6) is 0 Å². The third-order valence-electron chi connectivity index (χ3n) is 2.64. The number of carbonyl (C=O) groups is 1. The van der Waals surface area contributed by atoms with Crippen LogP contribution in [0.15, 0.2) is 53.5 Å². The summed E-state index contributed by atoms with van der Waals surface area (Å²) in [7, 11) is 0. The van der Waals surface area contributed by atoms with Gasteiger partial charge >= 0.3 is 0 Å². The molecule has 0 radical (unpaired) electrons. The van der Waals surface area contributed by atoms with Gasteiger partial charge in [-0.2, -0.15) is 4.99 Å². The average Bonchev–Trinajstić information content (AvgIpc) is 2.48. The normalized spacial score (nSPS) is 9.60. The Balaban J connectivity index is 2.58. The molecule has 0 saturated heterocycles. The first-order chi connectivity index (χ1) is 9.63. The molecule has 0 unspecified atom stereocenters. The van der Waals surface area contributed by atoms with Crippen molar-refractivity contribution >= 4 is 23.2 Å². The molecule has 2 rings (SSSR count). The number of ketones is 1. The van der Waals surface area contributed by atoms with Gasteiger partial charge in [0.2, 0.25) is 6.08 Å². The number of rotatable bonds is 4. The lowest BCUT2D eigenvalue weighted by atomic mass is 10.0. The molecule has 0 amide bonds. The molecule has 2 aromatic carbocycles. The predicted molar refractivity (Wildman–Crippen MR) is 70.8 cm³/mol. The minimum absolute atomic E-state index is 0.00579.